The van der Waals surface area contributed by atoms with Crippen LogP contribution in [0.2, 0.25) is 0 Å². The molecule has 0 unspecified atom stereocenters. The van der Waals surface area contributed by atoms with Crippen LogP contribution in [0.4, 0.5) is 0 Å². The van der Waals surface area contributed by atoms with E-state index in [1.54, 1.807) is 0 Å². The third kappa shape index (κ3) is 2.63. The topological polar surface area (TPSA) is 88.2 Å². The van der Waals surface area contributed by atoms with Crippen LogP contribution >= 0.6 is 0 Å². The Morgan fingerprint density at radius 2 is 2.05 bits per heavy atom. The van der Waals surface area contributed by atoms with Gasteiger partial charge in [-0.1, -0.05) is 5.16 Å². The van der Waals surface area contributed by atoms with E-state index in [0.29, 0.717) is 30.5 Å². The van der Waals surface area contributed by atoms with Crippen LogP contribution in [0.25, 0.3) is 0 Å². The van der Waals surface area contributed by atoms with Crippen LogP contribution in [0.15, 0.2) is 4.52 Å². The third-order valence-electron chi connectivity index (χ3n) is 4.10. The second-order valence-electron chi connectivity index (χ2n) is 5.73. The molecule has 1 aromatic rings. The maximum Gasteiger partial charge on any atom is 0.252 e. The van der Waals surface area contributed by atoms with Gasteiger partial charge in [0.1, 0.15) is 5.60 Å². The molecular weight excluding hydrogens is 246 g/mol. The SMILES string of the molecule is Cc1noc(C2CCC(NC(=O)C3(O)CC3)CC2)n1. The molecule has 0 atom stereocenters. The van der Waals surface area contributed by atoms with Crippen molar-refractivity contribution in [2.45, 2.75) is 63.0 Å². The molecule has 1 heterocycles. The molecule has 0 radical (unpaired) electrons. The van der Waals surface area contributed by atoms with Crippen molar-refractivity contribution in [2.24, 2.45) is 0 Å². The second-order valence-corrected chi connectivity index (χ2v) is 5.73. The van der Waals surface area contributed by atoms with Gasteiger partial charge < -0.3 is 14.9 Å². The molecule has 19 heavy (non-hydrogen) atoms. The molecule has 6 nitrogen and oxygen atoms in total. The van der Waals surface area contributed by atoms with E-state index in [1.807, 2.05) is 6.92 Å². The average molecular weight is 265 g/mol. The number of aryl methyl sites for hydroxylation is 1. The van der Waals surface area contributed by atoms with Crippen molar-refractivity contribution in [3.63, 3.8) is 0 Å². The Hall–Kier alpha value is -1.43. The molecule has 1 aromatic heterocycles. The van der Waals surface area contributed by atoms with Crippen molar-refractivity contribution in [2.75, 3.05) is 0 Å². The van der Waals surface area contributed by atoms with Crippen LogP contribution in [0.5, 0.6) is 0 Å². The number of nitrogens with zero attached hydrogens (tertiary/aromatic N) is 2. The fourth-order valence-corrected chi connectivity index (χ4v) is 2.63. The fourth-order valence-electron chi connectivity index (χ4n) is 2.63. The summed E-state index contributed by atoms with van der Waals surface area (Å²) in [7, 11) is 0. The maximum atomic E-state index is 11.7. The predicted molar refractivity (Wildman–Crippen MR) is 66.4 cm³/mol. The van der Waals surface area contributed by atoms with E-state index in [9.17, 15) is 9.90 Å². The van der Waals surface area contributed by atoms with Gasteiger partial charge in [0.2, 0.25) is 5.89 Å². The first-order chi connectivity index (χ1) is 9.07. The highest BCUT2D eigenvalue weighted by atomic mass is 16.5. The molecule has 1 amide bonds. The molecule has 0 spiro atoms. The lowest BCUT2D eigenvalue weighted by atomic mass is 9.86. The monoisotopic (exact) mass is 265 g/mol. The molecule has 2 N–H and O–H groups in total. The van der Waals surface area contributed by atoms with Crippen molar-refractivity contribution in [1.82, 2.24) is 15.5 Å². The van der Waals surface area contributed by atoms with Crippen molar-refractivity contribution >= 4 is 5.91 Å². The Morgan fingerprint density at radius 3 is 2.58 bits per heavy atom. The van der Waals surface area contributed by atoms with Gasteiger partial charge >= 0.3 is 0 Å². The number of amides is 1. The van der Waals surface area contributed by atoms with E-state index in [2.05, 4.69) is 15.5 Å². The van der Waals surface area contributed by atoms with Gasteiger partial charge in [-0.05, 0) is 45.4 Å². The van der Waals surface area contributed by atoms with Crippen LogP contribution in [-0.4, -0.2) is 32.8 Å². The van der Waals surface area contributed by atoms with Crippen LogP contribution in [0.3, 0.4) is 0 Å². The van der Waals surface area contributed by atoms with Crippen molar-refractivity contribution in [1.29, 1.82) is 0 Å². The van der Waals surface area contributed by atoms with Crippen LogP contribution in [-0.2, 0) is 4.79 Å². The summed E-state index contributed by atoms with van der Waals surface area (Å²) < 4.78 is 5.20. The van der Waals surface area contributed by atoms with Gasteiger partial charge in [-0.3, -0.25) is 4.79 Å². The average Bonchev–Trinajstić information content (AvgIpc) is 3.01. The van der Waals surface area contributed by atoms with Gasteiger partial charge in [-0.15, -0.1) is 0 Å². The number of rotatable bonds is 3. The number of aliphatic hydroxyl groups is 1. The first-order valence-electron chi connectivity index (χ1n) is 6.90. The quantitative estimate of drug-likeness (QED) is 0.852. The molecule has 3 rings (SSSR count). The normalized spacial score (nSPS) is 28.9. The maximum absolute atomic E-state index is 11.7. The minimum absolute atomic E-state index is 0.164. The van der Waals surface area contributed by atoms with Gasteiger partial charge in [-0.2, -0.15) is 4.98 Å². The Balaban J connectivity index is 1.51. The first-order valence-corrected chi connectivity index (χ1v) is 6.90. The summed E-state index contributed by atoms with van der Waals surface area (Å²) in [6, 6.07) is 0.164. The first kappa shape index (κ1) is 12.6. The summed E-state index contributed by atoms with van der Waals surface area (Å²) in [5.41, 5.74) is -1.07. The molecule has 104 valence electrons. The zero-order valence-corrected chi connectivity index (χ0v) is 11.1. The van der Waals surface area contributed by atoms with E-state index in [4.69, 9.17) is 4.52 Å². The number of carbonyl (C=O) groups excluding carboxylic acids is 1. The van der Waals surface area contributed by atoms with E-state index in [-0.39, 0.29) is 11.9 Å². The van der Waals surface area contributed by atoms with E-state index in [1.165, 1.54) is 0 Å². The predicted octanol–water partition coefficient (Wildman–Crippen LogP) is 1.05. The molecule has 0 saturated heterocycles. The van der Waals surface area contributed by atoms with Gasteiger partial charge in [0.25, 0.3) is 5.91 Å². The second kappa shape index (κ2) is 4.59. The highest BCUT2D eigenvalue weighted by molar-refractivity contribution is 5.87. The van der Waals surface area contributed by atoms with E-state index >= 15 is 0 Å². The molecule has 0 bridgehead atoms. The Morgan fingerprint density at radius 1 is 1.37 bits per heavy atom. The minimum Gasteiger partial charge on any atom is -0.380 e. The van der Waals surface area contributed by atoms with Gasteiger partial charge in [0.05, 0.1) is 0 Å². The molecule has 6 heteroatoms. The van der Waals surface area contributed by atoms with Crippen molar-refractivity contribution < 1.29 is 14.4 Å². The Kier molecular flexibility index (Phi) is 3.05. The smallest absolute Gasteiger partial charge is 0.252 e. The van der Waals surface area contributed by atoms with Gasteiger partial charge in [-0.25, -0.2) is 0 Å². The van der Waals surface area contributed by atoms with Crippen LogP contribution in [0.1, 0.15) is 56.2 Å². The Bertz CT molecular complexity index is 473. The summed E-state index contributed by atoms with van der Waals surface area (Å²) in [6.45, 7) is 1.81. The largest absolute Gasteiger partial charge is 0.380 e. The van der Waals surface area contributed by atoms with Crippen LogP contribution in [0, 0.1) is 6.92 Å². The third-order valence-corrected chi connectivity index (χ3v) is 4.10. The van der Waals surface area contributed by atoms with Crippen molar-refractivity contribution in [3.8, 4) is 0 Å². The minimum atomic E-state index is -1.07. The molecule has 0 aliphatic heterocycles. The fraction of sp³-hybridized carbons (Fsp3) is 0.769. The van der Waals surface area contributed by atoms with Crippen LogP contribution < -0.4 is 5.32 Å². The standard InChI is InChI=1S/C13H19N3O3/c1-8-14-11(19-16-8)9-2-4-10(5-3-9)15-12(17)13(18)6-7-13/h9-10,18H,2-7H2,1H3,(H,15,17). The summed E-state index contributed by atoms with van der Waals surface area (Å²) in [5.74, 6) is 1.48. The molecule has 2 aliphatic rings. The lowest BCUT2D eigenvalue weighted by Crippen LogP contribution is -2.44. The van der Waals surface area contributed by atoms with Gasteiger partial charge in [0.15, 0.2) is 5.82 Å². The van der Waals surface area contributed by atoms with Gasteiger partial charge in [0, 0.05) is 12.0 Å². The zero-order chi connectivity index (χ0) is 13.5. The number of carbonyl (C=O) groups is 1. The highest BCUT2D eigenvalue weighted by Crippen LogP contribution is 2.36. The van der Waals surface area contributed by atoms with E-state index in [0.717, 1.165) is 25.7 Å². The molecular formula is C13H19N3O3. The Labute approximate surface area is 111 Å². The van der Waals surface area contributed by atoms with E-state index < -0.39 is 5.60 Å². The number of hydrogen-bond donors (Lipinski definition) is 2. The highest BCUT2D eigenvalue weighted by Gasteiger charge is 2.48. The zero-order valence-electron chi connectivity index (χ0n) is 11.1. The summed E-state index contributed by atoms with van der Waals surface area (Å²) in [4.78, 5) is 16.0. The summed E-state index contributed by atoms with van der Waals surface area (Å²) in [5, 5.41) is 16.5. The molecule has 2 fully saturated rings. The molecule has 2 aliphatic carbocycles. The van der Waals surface area contributed by atoms with Crippen molar-refractivity contribution in [3.05, 3.63) is 11.7 Å². The summed E-state index contributed by atoms with van der Waals surface area (Å²) in [6.07, 6.45) is 4.85. The molecule has 2 saturated carbocycles. The lowest BCUT2D eigenvalue weighted by molar-refractivity contribution is -0.132. The molecule has 0 aromatic carbocycles. The summed E-state index contributed by atoms with van der Waals surface area (Å²) >= 11 is 0. The lowest BCUT2D eigenvalue weighted by Gasteiger charge is -2.27. The number of aromatic nitrogens is 2. The number of nitrogens with one attached hydrogen (secondary N) is 1. The number of hydrogen-bond acceptors (Lipinski definition) is 5.